The second kappa shape index (κ2) is 6.54. The van der Waals surface area contributed by atoms with Gasteiger partial charge in [0.1, 0.15) is 0 Å². The minimum Gasteiger partial charge on any atom is -0.366 e. The Hall–Kier alpha value is -2.14. The first kappa shape index (κ1) is 15.3. The molecule has 0 bridgehead atoms. The maximum absolute atomic E-state index is 12.2. The van der Waals surface area contributed by atoms with E-state index in [0.29, 0.717) is 30.7 Å². The van der Waals surface area contributed by atoms with Crippen LogP contribution in [-0.4, -0.2) is 41.9 Å². The Morgan fingerprint density at radius 3 is 2.29 bits per heavy atom. The fourth-order valence-electron chi connectivity index (χ4n) is 2.54. The SMILES string of the molecule is CC1CN(C(=O)/C=C/c2ccc(C(N)=O)cc2)CC(C)N1. The van der Waals surface area contributed by atoms with Crippen molar-refractivity contribution in [1.29, 1.82) is 0 Å². The predicted octanol–water partition coefficient (Wildman–Crippen LogP) is 1.01. The van der Waals surface area contributed by atoms with Crippen LogP contribution in [0.1, 0.15) is 29.8 Å². The van der Waals surface area contributed by atoms with Gasteiger partial charge < -0.3 is 16.0 Å². The van der Waals surface area contributed by atoms with Crippen molar-refractivity contribution in [1.82, 2.24) is 10.2 Å². The maximum atomic E-state index is 12.2. The number of hydrogen-bond acceptors (Lipinski definition) is 3. The van der Waals surface area contributed by atoms with Crippen LogP contribution in [0.15, 0.2) is 30.3 Å². The Bertz CT molecular complexity index is 541. The number of piperazine rings is 1. The van der Waals surface area contributed by atoms with Gasteiger partial charge in [-0.05, 0) is 37.6 Å². The normalized spacial score (nSPS) is 22.5. The topological polar surface area (TPSA) is 75.4 Å². The zero-order valence-electron chi connectivity index (χ0n) is 12.4. The number of nitrogens with one attached hydrogen (secondary N) is 1. The van der Waals surface area contributed by atoms with Gasteiger partial charge in [0.25, 0.3) is 0 Å². The summed E-state index contributed by atoms with van der Waals surface area (Å²) >= 11 is 0. The number of rotatable bonds is 3. The lowest BCUT2D eigenvalue weighted by Gasteiger charge is -2.35. The van der Waals surface area contributed by atoms with Crippen molar-refractivity contribution in [2.24, 2.45) is 5.73 Å². The molecule has 2 atom stereocenters. The Balaban J connectivity index is 1.99. The first-order valence-corrected chi connectivity index (χ1v) is 7.08. The molecule has 1 aromatic rings. The van der Waals surface area contributed by atoms with Gasteiger partial charge in [-0.25, -0.2) is 0 Å². The quantitative estimate of drug-likeness (QED) is 0.815. The maximum Gasteiger partial charge on any atom is 0.248 e. The van der Waals surface area contributed by atoms with Crippen molar-refractivity contribution in [2.75, 3.05) is 13.1 Å². The van der Waals surface area contributed by atoms with Gasteiger partial charge in [-0.2, -0.15) is 0 Å². The summed E-state index contributed by atoms with van der Waals surface area (Å²) in [7, 11) is 0. The summed E-state index contributed by atoms with van der Waals surface area (Å²) in [6.07, 6.45) is 3.33. The molecule has 1 aromatic carbocycles. The average Bonchev–Trinajstić information content (AvgIpc) is 2.44. The van der Waals surface area contributed by atoms with Crippen LogP contribution >= 0.6 is 0 Å². The monoisotopic (exact) mass is 287 g/mol. The molecule has 0 spiro atoms. The summed E-state index contributed by atoms with van der Waals surface area (Å²) in [4.78, 5) is 25.0. The molecule has 2 amide bonds. The van der Waals surface area contributed by atoms with Crippen LogP contribution in [0.25, 0.3) is 6.08 Å². The molecule has 21 heavy (non-hydrogen) atoms. The molecule has 1 aliphatic heterocycles. The molecule has 2 unspecified atom stereocenters. The lowest BCUT2D eigenvalue weighted by atomic mass is 10.1. The van der Waals surface area contributed by atoms with Crippen molar-refractivity contribution in [2.45, 2.75) is 25.9 Å². The van der Waals surface area contributed by atoms with E-state index < -0.39 is 5.91 Å². The number of nitrogens with two attached hydrogens (primary N) is 1. The molecule has 2 rings (SSSR count). The van der Waals surface area contributed by atoms with E-state index in [4.69, 9.17) is 5.73 Å². The van der Waals surface area contributed by atoms with Crippen molar-refractivity contribution < 1.29 is 9.59 Å². The lowest BCUT2D eigenvalue weighted by molar-refractivity contribution is -0.127. The van der Waals surface area contributed by atoms with Gasteiger partial charge in [0.05, 0.1) is 0 Å². The summed E-state index contributed by atoms with van der Waals surface area (Å²) in [6.45, 7) is 5.58. The Kier molecular flexibility index (Phi) is 4.75. The van der Waals surface area contributed by atoms with Gasteiger partial charge >= 0.3 is 0 Å². The Labute approximate surface area is 124 Å². The van der Waals surface area contributed by atoms with E-state index in [9.17, 15) is 9.59 Å². The third-order valence-electron chi connectivity index (χ3n) is 3.48. The minimum atomic E-state index is -0.453. The zero-order valence-corrected chi connectivity index (χ0v) is 12.4. The number of primary amides is 1. The molecule has 0 saturated carbocycles. The van der Waals surface area contributed by atoms with Crippen LogP contribution in [0.5, 0.6) is 0 Å². The van der Waals surface area contributed by atoms with E-state index in [1.54, 1.807) is 36.4 Å². The molecular weight excluding hydrogens is 266 g/mol. The van der Waals surface area contributed by atoms with Crippen LogP contribution in [0, 0.1) is 0 Å². The van der Waals surface area contributed by atoms with Gasteiger partial charge in [0, 0.05) is 36.8 Å². The highest BCUT2D eigenvalue weighted by Crippen LogP contribution is 2.08. The van der Waals surface area contributed by atoms with Crippen molar-refractivity contribution in [3.8, 4) is 0 Å². The molecule has 0 aliphatic carbocycles. The summed E-state index contributed by atoms with van der Waals surface area (Å²) in [6, 6.07) is 7.46. The highest BCUT2D eigenvalue weighted by atomic mass is 16.2. The highest BCUT2D eigenvalue weighted by Gasteiger charge is 2.23. The van der Waals surface area contributed by atoms with Crippen LogP contribution in [0.3, 0.4) is 0 Å². The summed E-state index contributed by atoms with van der Waals surface area (Å²) in [5.41, 5.74) is 6.51. The van der Waals surface area contributed by atoms with Crippen molar-refractivity contribution in [3.05, 3.63) is 41.5 Å². The van der Waals surface area contributed by atoms with E-state index >= 15 is 0 Å². The Morgan fingerprint density at radius 2 is 1.76 bits per heavy atom. The van der Waals surface area contributed by atoms with E-state index in [1.807, 2.05) is 4.90 Å². The van der Waals surface area contributed by atoms with Crippen LogP contribution in [0.2, 0.25) is 0 Å². The summed E-state index contributed by atoms with van der Waals surface area (Å²) < 4.78 is 0. The van der Waals surface area contributed by atoms with E-state index in [-0.39, 0.29) is 5.91 Å². The number of nitrogens with zero attached hydrogens (tertiary/aromatic N) is 1. The molecule has 1 saturated heterocycles. The van der Waals surface area contributed by atoms with Crippen molar-refractivity contribution in [3.63, 3.8) is 0 Å². The molecule has 0 radical (unpaired) electrons. The van der Waals surface area contributed by atoms with Gasteiger partial charge in [0.2, 0.25) is 11.8 Å². The largest absolute Gasteiger partial charge is 0.366 e. The van der Waals surface area contributed by atoms with Crippen LogP contribution < -0.4 is 11.1 Å². The molecule has 3 N–H and O–H groups in total. The minimum absolute atomic E-state index is 0.00850. The van der Waals surface area contributed by atoms with Crippen molar-refractivity contribution >= 4 is 17.9 Å². The van der Waals surface area contributed by atoms with E-state index in [2.05, 4.69) is 19.2 Å². The summed E-state index contributed by atoms with van der Waals surface area (Å²) in [5.74, 6) is -0.445. The fourth-order valence-corrected chi connectivity index (χ4v) is 2.54. The number of amides is 2. The standard InChI is InChI=1S/C16H21N3O2/c1-11-9-19(10-12(2)18-11)15(20)8-5-13-3-6-14(7-4-13)16(17)21/h3-8,11-12,18H,9-10H2,1-2H3,(H2,17,21)/b8-5+. The van der Waals surface area contributed by atoms with Gasteiger partial charge in [0.15, 0.2) is 0 Å². The second-order valence-electron chi connectivity index (χ2n) is 5.53. The highest BCUT2D eigenvalue weighted by molar-refractivity contribution is 5.94. The molecule has 112 valence electrons. The third-order valence-corrected chi connectivity index (χ3v) is 3.48. The molecular formula is C16H21N3O2. The first-order valence-electron chi connectivity index (χ1n) is 7.08. The van der Waals surface area contributed by atoms with E-state index in [1.165, 1.54) is 0 Å². The molecule has 1 fully saturated rings. The third kappa shape index (κ3) is 4.16. The number of benzene rings is 1. The molecule has 1 heterocycles. The lowest BCUT2D eigenvalue weighted by Crippen LogP contribution is -2.55. The number of hydrogen-bond donors (Lipinski definition) is 2. The summed E-state index contributed by atoms with van der Waals surface area (Å²) in [5, 5.41) is 3.39. The van der Waals surface area contributed by atoms with E-state index in [0.717, 1.165) is 5.56 Å². The smallest absolute Gasteiger partial charge is 0.248 e. The molecule has 5 heteroatoms. The number of carbonyl (C=O) groups excluding carboxylic acids is 2. The zero-order chi connectivity index (χ0) is 15.4. The van der Waals surface area contributed by atoms with Gasteiger partial charge in [-0.3, -0.25) is 9.59 Å². The van der Waals surface area contributed by atoms with Gasteiger partial charge in [-0.1, -0.05) is 12.1 Å². The predicted molar refractivity (Wildman–Crippen MR) is 82.6 cm³/mol. The number of carbonyl (C=O) groups is 2. The molecule has 5 nitrogen and oxygen atoms in total. The first-order chi connectivity index (χ1) is 9.95. The molecule has 1 aliphatic rings. The van der Waals surface area contributed by atoms with Crippen LogP contribution in [-0.2, 0) is 4.79 Å². The Morgan fingerprint density at radius 1 is 1.19 bits per heavy atom. The molecule has 0 aromatic heterocycles. The van der Waals surface area contributed by atoms with Crippen LogP contribution in [0.4, 0.5) is 0 Å². The van der Waals surface area contributed by atoms with Gasteiger partial charge in [-0.15, -0.1) is 0 Å². The second-order valence-corrected chi connectivity index (χ2v) is 5.53. The fraction of sp³-hybridized carbons (Fsp3) is 0.375. The average molecular weight is 287 g/mol.